The van der Waals surface area contributed by atoms with Crippen LogP contribution in [0.1, 0.15) is 41.6 Å². The lowest BCUT2D eigenvalue weighted by atomic mass is 9.84. The Balaban J connectivity index is 1.36. The number of thiophene rings is 1. The van der Waals surface area contributed by atoms with Crippen molar-refractivity contribution in [3.05, 3.63) is 58.4 Å². The Morgan fingerprint density at radius 1 is 1.28 bits per heavy atom. The molecule has 3 aromatic rings. The number of hydrogen-bond donors (Lipinski definition) is 3. The van der Waals surface area contributed by atoms with Gasteiger partial charge in [-0.25, -0.2) is 0 Å². The number of fused-ring (bicyclic) bond motifs is 1. The van der Waals surface area contributed by atoms with Crippen LogP contribution in [0.2, 0.25) is 0 Å². The molecule has 3 N–H and O–H groups in total. The van der Waals surface area contributed by atoms with Crippen molar-refractivity contribution in [3.63, 3.8) is 0 Å². The molecule has 3 atom stereocenters. The van der Waals surface area contributed by atoms with E-state index in [2.05, 4.69) is 33.1 Å². The molecule has 0 aliphatic heterocycles. The van der Waals surface area contributed by atoms with Crippen LogP contribution in [-0.4, -0.2) is 29.5 Å². The molecule has 1 aliphatic carbocycles. The lowest BCUT2D eigenvalue weighted by Crippen LogP contribution is -2.47. The van der Waals surface area contributed by atoms with E-state index in [1.54, 1.807) is 11.3 Å². The van der Waals surface area contributed by atoms with Gasteiger partial charge in [0.2, 0.25) is 0 Å². The molecule has 2 heterocycles. The van der Waals surface area contributed by atoms with Gasteiger partial charge in [-0.2, -0.15) is 16.6 Å². The van der Waals surface area contributed by atoms with Crippen molar-refractivity contribution in [1.82, 2.24) is 15.6 Å². The summed E-state index contributed by atoms with van der Waals surface area (Å²) < 4.78 is 0. The average Bonchev–Trinajstić information content (AvgIpc) is 3.43. The van der Waals surface area contributed by atoms with Crippen molar-refractivity contribution in [2.75, 3.05) is 6.54 Å². The summed E-state index contributed by atoms with van der Waals surface area (Å²) in [5.74, 6) is 0.335. The van der Waals surface area contributed by atoms with Gasteiger partial charge in [0, 0.05) is 41.7 Å². The van der Waals surface area contributed by atoms with Crippen molar-refractivity contribution in [2.24, 2.45) is 5.92 Å². The molecule has 6 heteroatoms. The van der Waals surface area contributed by atoms with Gasteiger partial charge < -0.3 is 15.6 Å². The normalized spacial score (nSPS) is 20.2. The second-order valence-electron chi connectivity index (χ2n) is 7.83. The van der Waals surface area contributed by atoms with Crippen molar-refractivity contribution < 1.29 is 4.79 Å². The SMILES string of the molecule is N#C[C@H](Cc1ccsc1)NC[C@H]1CCCC[C@@H]1NC(=O)c1ccc2[nH]ccc2c1. The van der Waals surface area contributed by atoms with Crippen LogP contribution < -0.4 is 10.6 Å². The standard InChI is InChI=1S/C23H26N4OS/c24-13-20(11-16-8-10-29-15-16)26-14-19-3-1-2-4-22(19)27-23(28)18-5-6-21-17(12-18)7-9-25-21/h5-10,12,15,19-20,22,25-26H,1-4,11,14H2,(H,27,28)/t19-,20+,22+/m1/s1. The van der Waals surface area contributed by atoms with E-state index in [-0.39, 0.29) is 18.0 Å². The number of carbonyl (C=O) groups is 1. The first kappa shape index (κ1) is 19.7. The summed E-state index contributed by atoms with van der Waals surface area (Å²) >= 11 is 1.66. The molecule has 1 amide bonds. The van der Waals surface area contributed by atoms with Gasteiger partial charge in [-0.15, -0.1) is 0 Å². The summed E-state index contributed by atoms with van der Waals surface area (Å²) in [5, 5.41) is 21.4. The number of carbonyl (C=O) groups excluding carboxylic acids is 1. The minimum absolute atomic E-state index is 0.0138. The van der Waals surface area contributed by atoms with Gasteiger partial charge in [0.05, 0.1) is 12.1 Å². The van der Waals surface area contributed by atoms with Crippen LogP contribution >= 0.6 is 11.3 Å². The highest BCUT2D eigenvalue weighted by molar-refractivity contribution is 7.07. The van der Waals surface area contributed by atoms with Gasteiger partial charge in [0.15, 0.2) is 0 Å². The van der Waals surface area contributed by atoms with E-state index >= 15 is 0 Å². The van der Waals surface area contributed by atoms with E-state index in [0.29, 0.717) is 11.5 Å². The first-order chi connectivity index (χ1) is 14.2. The fraction of sp³-hybridized carbons (Fsp3) is 0.391. The second-order valence-corrected chi connectivity index (χ2v) is 8.61. The van der Waals surface area contributed by atoms with Gasteiger partial charge >= 0.3 is 0 Å². The fourth-order valence-corrected chi connectivity index (χ4v) is 4.87. The minimum atomic E-state index is -0.195. The predicted molar refractivity (Wildman–Crippen MR) is 117 cm³/mol. The Morgan fingerprint density at radius 2 is 2.17 bits per heavy atom. The van der Waals surface area contributed by atoms with Crippen LogP contribution in [0.4, 0.5) is 0 Å². The zero-order valence-corrected chi connectivity index (χ0v) is 17.2. The number of nitriles is 1. The maximum absolute atomic E-state index is 12.8. The number of nitrogens with zero attached hydrogens (tertiary/aromatic N) is 1. The van der Waals surface area contributed by atoms with Crippen LogP contribution in [0.15, 0.2) is 47.3 Å². The summed E-state index contributed by atoms with van der Waals surface area (Å²) in [6.07, 6.45) is 6.99. The molecule has 4 rings (SSSR count). The Bertz CT molecular complexity index is 988. The Morgan fingerprint density at radius 3 is 3.00 bits per heavy atom. The van der Waals surface area contributed by atoms with Gasteiger partial charge in [-0.05, 0) is 65.4 Å². The zero-order valence-electron chi connectivity index (χ0n) is 16.4. The monoisotopic (exact) mass is 406 g/mol. The molecule has 0 spiro atoms. The predicted octanol–water partition coefficient (Wildman–Crippen LogP) is 4.24. The summed E-state index contributed by atoms with van der Waals surface area (Å²) in [4.78, 5) is 16.0. The lowest BCUT2D eigenvalue weighted by molar-refractivity contribution is 0.0905. The highest BCUT2D eigenvalue weighted by Gasteiger charge is 2.27. The molecule has 0 radical (unpaired) electrons. The Labute approximate surface area is 175 Å². The van der Waals surface area contributed by atoms with E-state index in [4.69, 9.17) is 0 Å². The molecule has 29 heavy (non-hydrogen) atoms. The van der Waals surface area contributed by atoms with Crippen LogP contribution in [0.3, 0.4) is 0 Å². The molecular formula is C23H26N4OS. The average molecular weight is 407 g/mol. The van der Waals surface area contributed by atoms with E-state index in [1.807, 2.05) is 35.8 Å². The maximum Gasteiger partial charge on any atom is 0.251 e. The van der Waals surface area contributed by atoms with E-state index < -0.39 is 0 Å². The summed E-state index contributed by atoms with van der Waals surface area (Å²) in [6.45, 7) is 0.754. The first-order valence-electron chi connectivity index (χ1n) is 10.2. The highest BCUT2D eigenvalue weighted by Crippen LogP contribution is 2.25. The smallest absolute Gasteiger partial charge is 0.251 e. The molecule has 1 aromatic carbocycles. The lowest BCUT2D eigenvalue weighted by Gasteiger charge is -2.33. The van der Waals surface area contributed by atoms with E-state index in [1.165, 1.54) is 12.0 Å². The topological polar surface area (TPSA) is 80.7 Å². The van der Waals surface area contributed by atoms with Crippen LogP contribution in [0.25, 0.3) is 10.9 Å². The number of benzene rings is 1. The largest absolute Gasteiger partial charge is 0.361 e. The molecule has 2 aromatic heterocycles. The molecule has 1 aliphatic rings. The van der Waals surface area contributed by atoms with E-state index in [0.717, 1.165) is 43.1 Å². The Kier molecular flexibility index (Phi) is 6.28. The highest BCUT2D eigenvalue weighted by atomic mass is 32.1. The van der Waals surface area contributed by atoms with Gasteiger partial charge in [0.25, 0.3) is 5.91 Å². The first-order valence-corrected chi connectivity index (χ1v) is 11.2. The summed E-state index contributed by atoms with van der Waals surface area (Å²) in [7, 11) is 0. The zero-order chi connectivity index (χ0) is 20.1. The van der Waals surface area contributed by atoms with Gasteiger partial charge in [-0.3, -0.25) is 4.79 Å². The maximum atomic E-state index is 12.8. The van der Waals surface area contributed by atoms with Gasteiger partial charge in [-0.1, -0.05) is 12.8 Å². The molecular weight excluding hydrogens is 380 g/mol. The Hall–Kier alpha value is -2.62. The van der Waals surface area contributed by atoms with Crippen molar-refractivity contribution >= 4 is 28.1 Å². The number of hydrogen-bond acceptors (Lipinski definition) is 4. The van der Waals surface area contributed by atoms with Crippen LogP contribution in [0.5, 0.6) is 0 Å². The number of rotatable bonds is 7. The molecule has 150 valence electrons. The van der Waals surface area contributed by atoms with Gasteiger partial charge in [0.1, 0.15) is 0 Å². The van der Waals surface area contributed by atoms with Crippen molar-refractivity contribution in [1.29, 1.82) is 5.26 Å². The fourth-order valence-electron chi connectivity index (χ4n) is 4.19. The summed E-state index contributed by atoms with van der Waals surface area (Å²) in [6, 6.07) is 12.1. The second kappa shape index (κ2) is 9.25. The number of aromatic amines is 1. The van der Waals surface area contributed by atoms with Crippen molar-refractivity contribution in [2.45, 2.75) is 44.2 Å². The third-order valence-corrected chi connectivity index (χ3v) is 6.58. The quantitative estimate of drug-likeness (QED) is 0.549. The molecule has 0 saturated heterocycles. The van der Waals surface area contributed by atoms with Crippen LogP contribution in [-0.2, 0) is 6.42 Å². The number of aromatic nitrogens is 1. The molecule has 0 bridgehead atoms. The molecule has 0 unspecified atom stereocenters. The number of H-pyrrole nitrogens is 1. The third-order valence-electron chi connectivity index (χ3n) is 5.84. The molecule has 1 saturated carbocycles. The summed E-state index contributed by atoms with van der Waals surface area (Å²) in [5.41, 5.74) is 2.93. The van der Waals surface area contributed by atoms with E-state index in [9.17, 15) is 10.1 Å². The third kappa shape index (κ3) is 4.87. The van der Waals surface area contributed by atoms with Crippen LogP contribution in [0, 0.1) is 17.2 Å². The number of amides is 1. The molecule has 5 nitrogen and oxygen atoms in total. The number of nitrogens with one attached hydrogen (secondary N) is 3. The minimum Gasteiger partial charge on any atom is -0.361 e. The molecule has 1 fully saturated rings. The van der Waals surface area contributed by atoms with Crippen molar-refractivity contribution in [3.8, 4) is 6.07 Å².